The number of hydrogen-bond acceptors (Lipinski definition) is 4. The van der Waals surface area contributed by atoms with Crippen LogP contribution in [0, 0.1) is 0 Å². The molecule has 3 heterocycles. The fourth-order valence-electron chi connectivity index (χ4n) is 3.10. The molecule has 0 atom stereocenters. The fourth-order valence-corrected chi connectivity index (χ4v) is 3.38. The predicted octanol–water partition coefficient (Wildman–Crippen LogP) is 2.88. The summed E-state index contributed by atoms with van der Waals surface area (Å²) in [6.07, 6.45) is 3.34. The SMILES string of the molecule is CCNC(=S)n1ncc2c3nn(-c4ccc(C(C)C)cc4)c(=O)c-3c[nH]c21. The minimum absolute atomic E-state index is 0.164. The number of rotatable bonds is 3. The summed E-state index contributed by atoms with van der Waals surface area (Å²) in [5, 5.41) is 13.2. The summed E-state index contributed by atoms with van der Waals surface area (Å²) in [5.41, 5.74) is 3.62. The largest absolute Gasteiger partial charge is 0.361 e. The van der Waals surface area contributed by atoms with Crippen LogP contribution < -0.4 is 10.9 Å². The summed E-state index contributed by atoms with van der Waals surface area (Å²) in [6.45, 7) is 6.95. The van der Waals surface area contributed by atoms with Gasteiger partial charge in [0, 0.05) is 12.7 Å². The molecule has 138 valence electrons. The van der Waals surface area contributed by atoms with E-state index >= 15 is 0 Å². The molecular formula is C19H20N6OS. The first-order valence-corrected chi connectivity index (χ1v) is 9.28. The van der Waals surface area contributed by atoms with Crippen molar-refractivity contribution >= 4 is 28.4 Å². The standard InChI is InChI=1S/C19H20N6OS/c1-4-20-19(27)25-17-14(10-22-25)16-15(9-21-17)18(26)24(23-16)13-7-5-12(6-8-13)11(2)3/h5-11,21H,4H2,1-3H3,(H,20,27). The summed E-state index contributed by atoms with van der Waals surface area (Å²) >= 11 is 5.35. The van der Waals surface area contributed by atoms with Crippen LogP contribution in [0.1, 0.15) is 32.3 Å². The van der Waals surface area contributed by atoms with Gasteiger partial charge in [-0.2, -0.15) is 19.6 Å². The van der Waals surface area contributed by atoms with Gasteiger partial charge in [0.1, 0.15) is 11.3 Å². The van der Waals surface area contributed by atoms with Gasteiger partial charge < -0.3 is 10.3 Å². The Hall–Kier alpha value is -3.00. The second-order valence-electron chi connectivity index (χ2n) is 6.67. The topological polar surface area (TPSA) is 80.5 Å². The van der Waals surface area contributed by atoms with Crippen LogP contribution in [-0.4, -0.2) is 36.2 Å². The van der Waals surface area contributed by atoms with E-state index in [1.54, 1.807) is 17.1 Å². The number of fused-ring (bicyclic) bond motifs is 3. The van der Waals surface area contributed by atoms with Gasteiger partial charge in [-0.25, -0.2) is 0 Å². The van der Waals surface area contributed by atoms with Crippen molar-refractivity contribution in [3.05, 3.63) is 52.6 Å². The van der Waals surface area contributed by atoms with Gasteiger partial charge in [-0.15, -0.1) is 0 Å². The van der Waals surface area contributed by atoms with Crippen LogP contribution in [0.15, 0.2) is 41.5 Å². The lowest BCUT2D eigenvalue weighted by Gasteiger charge is -2.06. The first-order chi connectivity index (χ1) is 13.0. The lowest BCUT2D eigenvalue weighted by atomic mass is 10.0. The van der Waals surface area contributed by atoms with Gasteiger partial charge in [0.25, 0.3) is 5.56 Å². The number of aromatic amines is 1. The molecule has 8 heteroatoms. The molecule has 0 amide bonds. The van der Waals surface area contributed by atoms with Gasteiger partial charge in [0.2, 0.25) is 0 Å². The van der Waals surface area contributed by atoms with Crippen LogP contribution in [0.5, 0.6) is 0 Å². The van der Waals surface area contributed by atoms with E-state index in [-0.39, 0.29) is 5.56 Å². The van der Waals surface area contributed by atoms with Gasteiger partial charge in [-0.05, 0) is 42.8 Å². The Kier molecular flexibility index (Phi) is 4.27. The van der Waals surface area contributed by atoms with Crippen molar-refractivity contribution in [2.24, 2.45) is 0 Å². The Morgan fingerprint density at radius 1 is 1.30 bits per heavy atom. The maximum absolute atomic E-state index is 12.8. The van der Waals surface area contributed by atoms with E-state index in [1.165, 1.54) is 10.2 Å². The molecule has 0 fully saturated rings. The van der Waals surface area contributed by atoms with E-state index in [1.807, 2.05) is 31.2 Å². The highest BCUT2D eigenvalue weighted by Crippen LogP contribution is 2.26. The third kappa shape index (κ3) is 2.82. The van der Waals surface area contributed by atoms with E-state index in [9.17, 15) is 4.79 Å². The molecule has 0 saturated heterocycles. The fraction of sp³-hybridized carbons (Fsp3) is 0.263. The van der Waals surface area contributed by atoms with Gasteiger partial charge in [0.05, 0.1) is 22.8 Å². The Balaban J connectivity index is 1.86. The summed E-state index contributed by atoms with van der Waals surface area (Å²) < 4.78 is 3.04. The number of hydrogen-bond donors (Lipinski definition) is 2. The van der Waals surface area contributed by atoms with Crippen molar-refractivity contribution in [3.8, 4) is 16.9 Å². The van der Waals surface area contributed by atoms with Gasteiger partial charge in [-0.3, -0.25) is 4.79 Å². The van der Waals surface area contributed by atoms with E-state index in [0.29, 0.717) is 34.5 Å². The van der Waals surface area contributed by atoms with Crippen molar-refractivity contribution in [3.63, 3.8) is 0 Å². The molecule has 1 aromatic heterocycles. The third-order valence-electron chi connectivity index (χ3n) is 4.58. The van der Waals surface area contributed by atoms with Crippen molar-refractivity contribution in [2.75, 3.05) is 6.54 Å². The highest BCUT2D eigenvalue weighted by molar-refractivity contribution is 7.80. The maximum atomic E-state index is 12.8. The number of H-pyrrole nitrogens is 1. The van der Waals surface area contributed by atoms with E-state index in [0.717, 1.165) is 11.1 Å². The Morgan fingerprint density at radius 2 is 2.04 bits per heavy atom. The van der Waals surface area contributed by atoms with Gasteiger partial charge in [-0.1, -0.05) is 26.0 Å². The quantitative estimate of drug-likeness (QED) is 0.534. The highest BCUT2D eigenvalue weighted by Gasteiger charge is 2.21. The first-order valence-electron chi connectivity index (χ1n) is 8.88. The number of nitrogens with zero attached hydrogens (tertiary/aromatic N) is 4. The first kappa shape index (κ1) is 17.4. The van der Waals surface area contributed by atoms with Crippen LogP contribution in [0.4, 0.5) is 0 Å². The molecule has 4 rings (SSSR count). The molecule has 0 unspecified atom stereocenters. The molecule has 2 N–H and O–H groups in total. The molecule has 0 saturated carbocycles. The number of aromatic nitrogens is 5. The minimum Gasteiger partial charge on any atom is -0.361 e. The molecule has 1 aromatic carbocycles. The predicted molar refractivity (Wildman–Crippen MR) is 110 cm³/mol. The van der Waals surface area contributed by atoms with Gasteiger partial charge in [0.15, 0.2) is 5.11 Å². The summed E-state index contributed by atoms with van der Waals surface area (Å²) in [4.78, 5) is 16.0. The number of pyridine rings is 1. The Morgan fingerprint density at radius 3 is 2.70 bits per heavy atom. The number of nitrogens with one attached hydrogen (secondary N) is 2. The average Bonchev–Trinajstić information content (AvgIpc) is 3.23. The van der Waals surface area contributed by atoms with E-state index < -0.39 is 0 Å². The number of thiocarbonyl (C=S) groups is 1. The molecule has 0 aliphatic carbocycles. The smallest absolute Gasteiger partial charge is 0.282 e. The molecule has 2 aliphatic rings. The Labute approximate surface area is 161 Å². The number of benzene rings is 1. The van der Waals surface area contributed by atoms with E-state index in [2.05, 4.69) is 34.3 Å². The second-order valence-corrected chi connectivity index (χ2v) is 7.05. The normalized spacial score (nSPS) is 11.6. The molecule has 2 aromatic rings. The highest BCUT2D eigenvalue weighted by atomic mass is 32.1. The zero-order chi connectivity index (χ0) is 19.1. The summed E-state index contributed by atoms with van der Waals surface area (Å²) in [7, 11) is 0. The summed E-state index contributed by atoms with van der Waals surface area (Å²) in [6, 6.07) is 7.90. The Bertz CT molecular complexity index is 1150. The van der Waals surface area contributed by atoms with E-state index in [4.69, 9.17) is 12.2 Å². The van der Waals surface area contributed by atoms with Crippen molar-refractivity contribution < 1.29 is 0 Å². The van der Waals surface area contributed by atoms with Crippen LogP contribution in [0.25, 0.3) is 28.0 Å². The van der Waals surface area contributed by atoms with Crippen molar-refractivity contribution in [2.45, 2.75) is 26.7 Å². The zero-order valence-corrected chi connectivity index (χ0v) is 16.2. The van der Waals surface area contributed by atoms with Crippen LogP contribution in [0.2, 0.25) is 0 Å². The second kappa shape index (κ2) is 6.62. The van der Waals surface area contributed by atoms with Crippen LogP contribution >= 0.6 is 12.2 Å². The summed E-state index contributed by atoms with van der Waals surface area (Å²) in [5.74, 6) is 0.433. The van der Waals surface area contributed by atoms with Crippen molar-refractivity contribution in [1.29, 1.82) is 0 Å². The molecule has 0 bridgehead atoms. The average molecular weight is 380 g/mol. The van der Waals surface area contributed by atoms with Crippen LogP contribution in [0.3, 0.4) is 0 Å². The molecule has 2 aliphatic heterocycles. The monoisotopic (exact) mass is 380 g/mol. The minimum atomic E-state index is -0.164. The lowest BCUT2D eigenvalue weighted by molar-refractivity contribution is 0.844. The third-order valence-corrected chi connectivity index (χ3v) is 4.90. The zero-order valence-electron chi connectivity index (χ0n) is 15.4. The van der Waals surface area contributed by atoms with Crippen LogP contribution in [-0.2, 0) is 0 Å². The molecular weight excluding hydrogens is 360 g/mol. The van der Waals surface area contributed by atoms with Crippen molar-refractivity contribution in [1.82, 2.24) is 29.9 Å². The lowest BCUT2D eigenvalue weighted by Crippen LogP contribution is -2.28. The molecule has 0 spiro atoms. The molecule has 27 heavy (non-hydrogen) atoms. The van der Waals surface area contributed by atoms with Gasteiger partial charge >= 0.3 is 0 Å². The molecule has 0 radical (unpaired) electrons. The maximum Gasteiger partial charge on any atom is 0.282 e. The molecule has 7 nitrogen and oxygen atoms in total.